The molecule has 0 saturated heterocycles. The van der Waals surface area contributed by atoms with Crippen LogP contribution >= 0.6 is 7.92 Å². The minimum absolute atomic E-state index is 0.0463. The maximum absolute atomic E-state index is 13.7. The fraction of sp³-hybridized carbons (Fsp3) is 0.0455. The molecule has 1 nitrogen and oxygen atoms in total. The highest BCUT2D eigenvalue weighted by Crippen LogP contribution is 2.35. The smallest absolute Gasteiger partial charge is 0.247 e. The van der Waals surface area contributed by atoms with Gasteiger partial charge in [-0.05, 0) is 22.7 Å². The van der Waals surface area contributed by atoms with Crippen LogP contribution in [0.2, 0.25) is 0 Å². The molecule has 0 bridgehead atoms. The number of rotatable bonds is 4. The van der Waals surface area contributed by atoms with Crippen molar-refractivity contribution in [1.29, 1.82) is 0 Å². The van der Waals surface area contributed by atoms with E-state index in [1.54, 1.807) is 24.3 Å². The van der Waals surface area contributed by atoms with Crippen LogP contribution in [0, 0.1) is 0 Å². The van der Waals surface area contributed by atoms with Crippen molar-refractivity contribution in [1.82, 2.24) is 4.98 Å². The van der Waals surface area contributed by atoms with Gasteiger partial charge in [0.15, 0.2) is 0 Å². The summed E-state index contributed by atoms with van der Waals surface area (Å²) in [6.45, 7) is 0. The first kappa shape index (κ1) is 16.8. The largest absolute Gasteiger partial charge is 0.264 e. The molecule has 4 heteroatoms. The molecule has 4 aromatic rings. The Balaban J connectivity index is 1.97. The highest BCUT2D eigenvalue weighted by Gasteiger charge is 2.21. The summed E-state index contributed by atoms with van der Waals surface area (Å²) in [5, 5.41) is 2.70. The van der Waals surface area contributed by atoms with Gasteiger partial charge in [0.05, 0.1) is 11.0 Å². The summed E-state index contributed by atoms with van der Waals surface area (Å²) in [4.78, 5) is 4.77. The molecule has 0 aliphatic rings. The normalized spacial score (nSPS) is 11.4. The first-order valence-electron chi connectivity index (χ1n) is 8.32. The summed E-state index contributed by atoms with van der Waals surface area (Å²) in [5.74, 6) is 0. The second-order valence-corrected chi connectivity index (χ2v) is 8.06. The standard InChI is InChI=1S/C22H16F2NP/c23-22(24)19-15-21(25-20-14-8-7-13-18(19)20)26(16-9-3-1-4-10-16)17-11-5-2-6-12-17/h1-15,22H. The molecule has 0 aliphatic heterocycles. The van der Waals surface area contributed by atoms with Crippen molar-refractivity contribution in [2.24, 2.45) is 0 Å². The molecule has 4 rings (SSSR count). The minimum Gasteiger partial charge on any atom is -0.247 e. The molecule has 0 N–H and O–H groups in total. The van der Waals surface area contributed by atoms with Crippen LogP contribution < -0.4 is 16.0 Å². The number of benzene rings is 3. The lowest BCUT2D eigenvalue weighted by Crippen LogP contribution is -2.23. The molecule has 26 heavy (non-hydrogen) atoms. The Kier molecular flexibility index (Phi) is 4.73. The van der Waals surface area contributed by atoms with E-state index >= 15 is 0 Å². The average Bonchev–Trinajstić information content (AvgIpc) is 2.69. The molecule has 128 valence electrons. The molecule has 0 atom stereocenters. The summed E-state index contributed by atoms with van der Waals surface area (Å²) in [6, 6.07) is 28.7. The fourth-order valence-corrected chi connectivity index (χ4v) is 5.29. The van der Waals surface area contributed by atoms with Gasteiger partial charge in [-0.1, -0.05) is 78.9 Å². The molecule has 3 aromatic carbocycles. The second-order valence-electron chi connectivity index (χ2n) is 5.89. The monoisotopic (exact) mass is 363 g/mol. The molecule has 0 fully saturated rings. The van der Waals surface area contributed by atoms with Crippen LogP contribution in [0.5, 0.6) is 0 Å². The maximum atomic E-state index is 13.7. The van der Waals surface area contributed by atoms with Gasteiger partial charge in [-0.3, -0.25) is 0 Å². The molecule has 1 heterocycles. The SMILES string of the molecule is FC(F)c1cc(P(c2ccccc2)c2ccccc2)nc2ccccc12. The Hall–Kier alpha value is -2.64. The molecule has 0 amide bonds. The van der Waals surface area contributed by atoms with E-state index in [1.165, 1.54) is 0 Å². The number of hydrogen-bond donors (Lipinski definition) is 0. The lowest BCUT2D eigenvalue weighted by atomic mass is 10.1. The maximum Gasteiger partial charge on any atom is 0.264 e. The zero-order chi connectivity index (χ0) is 17.9. The summed E-state index contributed by atoms with van der Waals surface area (Å²) in [6.07, 6.45) is -2.54. The first-order chi connectivity index (χ1) is 12.7. The van der Waals surface area contributed by atoms with E-state index in [2.05, 4.69) is 0 Å². The van der Waals surface area contributed by atoms with Crippen LogP contribution in [-0.2, 0) is 0 Å². The van der Waals surface area contributed by atoms with Crippen LogP contribution in [0.15, 0.2) is 91.0 Å². The molecule has 1 aromatic heterocycles. The predicted molar refractivity (Wildman–Crippen MR) is 105 cm³/mol. The van der Waals surface area contributed by atoms with Crippen molar-refractivity contribution < 1.29 is 8.78 Å². The summed E-state index contributed by atoms with van der Waals surface area (Å²) < 4.78 is 27.4. The lowest BCUT2D eigenvalue weighted by Gasteiger charge is -2.20. The predicted octanol–water partition coefficient (Wildman–Crippen LogP) is 4.93. The Bertz CT molecular complexity index is 980. The van der Waals surface area contributed by atoms with Crippen molar-refractivity contribution >= 4 is 34.9 Å². The van der Waals surface area contributed by atoms with Crippen LogP contribution in [0.3, 0.4) is 0 Å². The number of aromatic nitrogens is 1. The van der Waals surface area contributed by atoms with Crippen LogP contribution in [0.4, 0.5) is 8.78 Å². The molecular formula is C22H16F2NP. The third-order valence-electron chi connectivity index (χ3n) is 4.23. The van der Waals surface area contributed by atoms with Gasteiger partial charge < -0.3 is 0 Å². The van der Waals surface area contributed by atoms with Crippen molar-refractivity contribution in [3.63, 3.8) is 0 Å². The van der Waals surface area contributed by atoms with Crippen molar-refractivity contribution in [2.45, 2.75) is 6.43 Å². The highest BCUT2D eigenvalue weighted by atomic mass is 31.1. The lowest BCUT2D eigenvalue weighted by molar-refractivity contribution is 0.153. The molecule has 0 unspecified atom stereocenters. The van der Waals surface area contributed by atoms with Gasteiger partial charge in [0.1, 0.15) is 0 Å². The summed E-state index contributed by atoms with van der Waals surface area (Å²) >= 11 is 0. The van der Waals surface area contributed by atoms with Gasteiger partial charge in [-0.25, -0.2) is 13.8 Å². The van der Waals surface area contributed by atoms with Gasteiger partial charge in [0.2, 0.25) is 0 Å². The second kappa shape index (κ2) is 7.31. The Morgan fingerprint density at radius 2 is 1.23 bits per heavy atom. The molecule has 0 radical (unpaired) electrons. The molecule has 0 saturated carbocycles. The van der Waals surface area contributed by atoms with Gasteiger partial charge in [-0.2, -0.15) is 0 Å². The van der Waals surface area contributed by atoms with Gasteiger partial charge >= 0.3 is 0 Å². The topological polar surface area (TPSA) is 12.9 Å². The quantitative estimate of drug-likeness (QED) is 0.469. The zero-order valence-electron chi connectivity index (χ0n) is 13.9. The molecule has 0 aliphatic carbocycles. The first-order valence-corrected chi connectivity index (χ1v) is 9.66. The van der Waals surface area contributed by atoms with E-state index in [0.717, 1.165) is 10.6 Å². The number of hydrogen-bond acceptors (Lipinski definition) is 1. The van der Waals surface area contributed by atoms with Gasteiger partial charge in [0, 0.05) is 18.9 Å². The van der Waals surface area contributed by atoms with Crippen LogP contribution in [0.25, 0.3) is 10.9 Å². The fourth-order valence-electron chi connectivity index (χ4n) is 3.05. The van der Waals surface area contributed by atoms with Crippen molar-refractivity contribution in [3.05, 3.63) is 96.6 Å². The Labute approximate surface area is 152 Å². The van der Waals surface area contributed by atoms with E-state index in [9.17, 15) is 8.78 Å². The van der Waals surface area contributed by atoms with E-state index in [-0.39, 0.29) is 5.56 Å². The average molecular weight is 363 g/mol. The molecular weight excluding hydrogens is 347 g/mol. The van der Waals surface area contributed by atoms with Crippen LogP contribution in [0.1, 0.15) is 12.0 Å². The Morgan fingerprint density at radius 3 is 1.81 bits per heavy atom. The van der Waals surface area contributed by atoms with Crippen molar-refractivity contribution in [3.8, 4) is 0 Å². The van der Waals surface area contributed by atoms with Crippen LogP contribution in [-0.4, -0.2) is 4.98 Å². The minimum atomic E-state index is -2.54. The number of para-hydroxylation sites is 1. The number of fused-ring (bicyclic) bond motifs is 1. The Morgan fingerprint density at radius 1 is 0.692 bits per heavy atom. The van der Waals surface area contributed by atoms with E-state index in [4.69, 9.17) is 4.98 Å². The third-order valence-corrected chi connectivity index (χ3v) is 6.54. The number of pyridine rings is 1. The van der Waals surface area contributed by atoms with Gasteiger partial charge in [0.25, 0.3) is 6.43 Å². The van der Waals surface area contributed by atoms with E-state index in [0.29, 0.717) is 16.3 Å². The molecule has 0 spiro atoms. The summed E-state index contributed by atoms with van der Waals surface area (Å²) in [7, 11) is -1.00. The third kappa shape index (κ3) is 3.23. The number of halogens is 2. The van der Waals surface area contributed by atoms with E-state index < -0.39 is 14.3 Å². The zero-order valence-corrected chi connectivity index (χ0v) is 14.8. The number of nitrogens with zero attached hydrogens (tertiary/aromatic N) is 1. The number of alkyl halides is 2. The highest BCUT2D eigenvalue weighted by molar-refractivity contribution is 7.79. The van der Waals surface area contributed by atoms with Crippen molar-refractivity contribution in [2.75, 3.05) is 0 Å². The summed E-state index contributed by atoms with van der Waals surface area (Å²) in [5.41, 5.74) is 1.36. The van der Waals surface area contributed by atoms with Gasteiger partial charge in [-0.15, -0.1) is 0 Å². The van der Waals surface area contributed by atoms with E-state index in [1.807, 2.05) is 66.7 Å².